The average molecular weight is 416 g/mol. The summed E-state index contributed by atoms with van der Waals surface area (Å²) in [5.41, 5.74) is 9.51. The lowest BCUT2D eigenvalue weighted by Crippen LogP contribution is -2.26. The van der Waals surface area contributed by atoms with Crippen LogP contribution in [-0.2, 0) is 6.42 Å². The van der Waals surface area contributed by atoms with Crippen molar-refractivity contribution in [1.29, 1.82) is 0 Å². The van der Waals surface area contributed by atoms with Crippen LogP contribution < -0.4 is 10.5 Å². The molecule has 2 aromatic heterocycles. The first-order valence-electron chi connectivity index (χ1n) is 9.84. The third kappa shape index (κ3) is 5.04. The lowest BCUT2D eigenvalue weighted by Gasteiger charge is -2.15. The van der Waals surface area contributed by atoms with Gasteiger partial charge >= 0.3 is 0 Å². The number of aromatic nitrogens is 2. The van der Waals surface area contributed by atoms with E-state index in [1.54, 1.807) is 11.3 Å². The molecule has 6 nitrogen and oxygen atoms in total. The van der Waals surface area contributed by atoms with Crippen LogP contribution in [-0.4, -0.2) is 34.6 Å². The molecule has 1 aromatic carbocycles. The summed E-state index contributed by atoms with van der Waals surface area (Å²) in [4.78, 5) is 2.29. The summed E-state index contributed by atoms with van der Waals surface area (Å²) in [6.45, 7) is 10.8. The molecule has 3 N–H and O–H groups in total. The maximum atomic E-state index is 9.63. The predicted molar refractivity (Wildman–Crippen MR) is 116 cm³/mol. The Labute approximate surface area is 175 Å². The van der Waals surface area contributed by atoms with Gasteiger partial charge in [-0.1, -0.05) is 13.8 Å². The largest absolute Gasteiger partial charge is 0.490 e. The van der Waals surface area contributed by atoms with Gasteiger partial charge in [-0.2, -0.15) is 0 Å². The van der Waals surface area contributed by atoms with E-state index in [-0.39, 0.29) is 13.2 Å². The third-order valence-corrected chi connectivity index (χ3v) is 5.76. The Morgan fingerprint density at radius 2 is 1.76 bits per heavy atom. The number of aryl methyl sites for hydroxylation is 3. The monoisotopic (exact) mass is 415 g/mol. The first-order chi connectivity index (χ1) is 13.8. The minimum atomic E-state index is -0.679. The first kappa shape index (κ1) is 21.5. The molecule has 0 bridgehead atoms. The van der Waals surface area contributed by atoms with E-state index < -0.39 is 6.10 Å². The van der Waals surface area contributed by atoms with E-state index in [1.807, 2.05) is 26.0 Å². The molecule has 0 saturated carbocycles. The predicted octanol–water partition coefficient (Wildman–Crippen LogP) is 4.29. The number of aliphatic hydroxyl groups is 1. The molecule has 1 atom stereocenters. The smallest absolute Gasteiger partial charge is 0.258 e. The number of aliphatic hydroxyl groups excluding tert-OH is 1. The molecule has 3 aromatic rings. The minimum Gasteiger partial charge on any atom is -0.490 e. The van der Waals surface area contributed by atoms with E-state index in [1.165, 1.54) is 10.4 Å². The van der Waals surface area contributed by atoms with Crippen LogP contribution in [0.25, 0.3) is 22.2 Å². The highest BCUT2D eigenvalue weighted by molar-refractivity contribution is 7.15. The van der Waals surface area contributed by atoms with Gasteiger partial charge in [-0.3, -0.25) is 0 Å². The molecule has 0 fully saturated rings. The van der Waals surface area contributed by atoms with Crippen molar-refractivity contribution in [2.45, 2.75) is 47.1 Å². The van der Waals surface area contributed by atoms with Crippen molar-refractivity contribution in [2.24, 2.45) is 11.7 Å². The van der Waals surface area contributed by atoms with E-state index in [2.05, 4.69) is 37.0 Å². The number of hydrogen-bond acceptors (Lipinski definition) is 7. The Bertz CT molecular complexity index is 955. The van der Waals surface area contributed by atoms with Crippen LogP contribution in [0, 0.1) is 26.7 Å². The second-order valence-electron chi connectivity index (χ2n) is 7.84. The molecular formula is C22H29N3O3S. The van der Waals surface area contributed by atoms with Gasteiger partial charge in [0, 0.05) is 17.0 Å². The van der Waals surface area contributed by atoms with Gasteiger partial charge in [0.15, 0.2) is 0 Å². The van der Waals surface area contributed by atoms with Crippen LogP contribution >= 0.6 is 11.3 Å². The van der Waals surface area contributed by atoms with E-state index in [0.717, 1.165) is 33.7 Å². The van der Waals surface area contributed by atoms with Gasteiger partial charge in [0.1, 0.15) is 18.5 Å². The second-order valence-corrected chi connectivity index (χ2v) is 9.10. The van der Waals surface area contributed by atoms with Crippen molar-refractivity contribution in [3.05, 3.63) is 39.8 Å². The summed E-state index contributed by atoms with van der Waals surface area (Å²) in [7, 11) is 0. The van der Waals surface area contributed by atoms with E-state index in [0.29, 0.717) is 17.7 Å². The van der Waals surface area contributed by atoms with Crippen LogP contribution in [0.15, 0.2) is 22.6 Å². The lowest BCUT2D eigenvalue weighted by molar-refractivity contribution is 0.113. The van der Waals surface area contributed by atoms with Gasteiger partial charge in [0.05, 0.1) is 4.88 Å². The third-order valence-electron chi connectivity index (χ3n) is 4.68. The zero-order chi connectivity index (χ0) is 21.1. The summed E-state index contributed by atoms with van der Waals surface area (Å²) in [6.07, 6.45) is 0.365. The Morgan fingerprint density at radius 3 is 2.38 bits per heavy atom. The van der Waals surface area contributed by atoms with Gasteiger partial charge in [0.25, 0.3) is 5.89 Å². The molecule has 0 radical (unpaired) electrons. The molecule has 3 rings (SSSR count). The van der Waals surface area contributed by atoms with Crippen molar-refractivity contribution < 1.29 is 14.3 Å². The zero-order valence-electron chi connectivity index (χ0n) is 17.7. The van der Waals surface area contributed by atoms with Gasteiger partial charge in [0.2, 0.25) is 5.89 Å². The molecule has 0 aliphatic carbocycles. The summed E-state index contributed by atoms with van der Waals surface area (Å²) in [6, 6.07) is 6.07. The average Bonchev–Trinajstić information content (AvgIpc) is 3.27. The number of benzene rings is 1. The fourth-order valence-corrected chi connectivity index (χ4v) is 4.23. The highest BCUT2D eigenvalue weighted by Gasteiger charge is 2.17. The molecular weight excluding hydrogens is 386 g/mol. The van der Waals surface area contributed by atoms with Gasteiger partial charge in [-0.15, -0.1) is 21.5 Å². The Morgan fingerprint density at radius 1 is 1.10 bits per heavy atom. The summed E-state index contributed by atoms with van der Waals surface area (Å²) < 4.78 is 11.7. The molecule has 0 spiro atoms. The second kappa shape index (κ2) is 9.07. The number of hydrogen-bond donors (Lipinski definition) is 2. The number of thiophene rings is 1. The van der Waals surface area contributed by atoms with Gasteiger partial charge < -0.3 is 20.0 Å². The summed E-state index contributed by atoms with van der Waals surface area (Å²) in [5, 5.41) is 18.2. The molecule has 7 heteroatoms. The Balaban J connectivity index is 1.83. The number of nitrogens with two attached hydrogens (primary N) is 1. The zero-order valence-corrected chi connectivity index (χ0v) is 18.5. The molecule has 156 valence electrons. The van der Waals surface area contributed by atoms with Crippen molar-refractivity contribution in [3.8, 4) is 28.0 Å². The molecule has 0 saturated heterocycles. The molecule has 2 heterocycles. The Kier molecular flexibility index (Phi) is 6.72. The maximum absolute atomic E-state index is 9.63. The van der Waals surface area contributed by atoms with Crippen LogP contribution in [0.5, 0.6) is 5.75 Å². The van der Waals surface area contributed by atoms with Crippen LogP contribution in [0.4, 0.5) is 0 Å². The van der Waals surface area contributed by atoms with Gasteiger partial charge in [-0.25, -0.2) is 0 Å². The van der Waals surface area contributed by atoms with Crippen molar-refractivity contribution >= 4 is 11.3 Å². The van der Waals surface area contributed by atoms with Crippen LogP contribution in [0.2, 0.25) is 0 Å². The fraction of sp³-hybridized carbons (Fsp3) is 0.455. The molecule has 0 aliphatic heterocycles. The topological polar surface area (TPSA) is 94.4 Å². The van der Waals surface area contributed by atoms with Crippen LogP contribution in [0.1, 0.15) is 35.4 Å². The number of ether oxygens (including phenoxy) is 1. The van der Waals surface area contributed by atoms with Crippen molar-refractivity contribution in [1.82, 2.24) is 10.2 Å². The quantitative estimate of drug-likeness (QED) is 0.570. The Hall–Kier alpha value is -2.22. The maximum Gasteiger partial charge on any atom is 0.258 e. The summed E-state index contributed by atoms with van der Waals surface area (Å²) in [5.74, 6) is 2.38. The summed E-state index contributed by atoms with van der Waals surface area (Å²) >= 11 is 1.69. The normalized spacial score (nSPS) is 12.6. The standard InChI is InChI=1S/C22H29N3O3S/c1-12(2)6-16-9-19(29-15(16)5)22-25-24-21(28-22)17-7-13(3)20(14(4)8-17)27-11-18(26)10-23/h7-9,12,18,26H,6,10-11,23H2,1-5H3. The van der Waals surface area contributed by atoms with E-state index >= 15 is 0 Å². The fourth-order valence-electron chi connectivity index (χ4n) is 3.26. The molecule has 0 aliphatic rings. The molecule has 0 amide bonds. The minimum absolute atomic E-state index is 0.165. The van der Waals surface area contributed by atoms with E-state index in [9.17, 15) is 5.11 Å². The molecule has 29 heavy (non-hydrogen) atoms. The SMILES string of the molecule is Cc1cc(-c2nnc(-c3cc(CC(C)C)c(C)s3)o2)cc(C)c1OCC(O)CN. The number of rotatable bonds is 8. The van der Waals surface area contributed by atoms with Crippen molar-refractivity contribution in [3.63, 3.8) is 0 Å². The van der Waals surface area contributed by atoms with Crippen molar-refractivity contribution in [2.75, 3.05) is 13.2 Å². The number of nitrogens with zero attached hydrogens (tertiary/aromatic N) is 2. The lowest BCUT2D eigenvalue weighted by atomic mass is 10.0. The molecule has 1 unspecified atom stereocenters. The van der Waals surface area contributed by atoms with E-state index in [4.69, 9.17) is 14.9 Å². The highest BCUT2D eigenvalue weighted by Crippen LogP contribution is 2.34. The van der Waals surface area contributed by atoms with Crippen LogP contribution in [0.3, 0.4) is 0 Å². The highest BCUT2D eigenvalue weighted by atomic mass is 32.1. The van der Waals surface area contributed by atoms with Gasteiger partial charge in [-0.05, 0) is 68.0 Å². The first-order valence-corrected chi connectivity index (χ1v) is 10.7.